The average Bonchev–Trinajstić information content (AvgIpc) is 2.97. The fourth-order valence-corrected chi connectivity index (χ4v) is 4.90. The molecule has 0 heterocycles. The second-order valence-electron chi connectivity index (χ2n) is 9.28. The van der Waals surface area contributed by atoms with Crippen LogP contribution in [0, 0.1) is 5.82 Å². The van der Waals surface area contributed by atoms with Crippen LogP contribution in [0.2, 0.25) is 10.0 Å². The van der Waals surface area contributed by atoms with Crippen molar-refractivity contribution < 1.29 is 23.5 Å². The van der Waals surface area contributed by atoms with Gasteiger partial charge in [-0.1, -0.05) is 77.8 Å². The number of ether oxygens (including phenoxy) is 2. The molecular weight excluding hydrogens is 566 g/mol. The highest BCUT2D eigenvalue weighted by Crippen LogP contribution is 2.30. The zero-order chi connectivity index (χ0) is 29.4. The van der Waals surface area contributed by atoms with Gasteiger partial charge in [-0.2, -0.15) is 0 Å². The van der Waals surface area contributed by atoms with Gasteiger partial charge in [0.05, 0.1) is 20.6 Å². The zero-order valence-corrected chi connectivity index (χ0v) is 24.1. The Bertz CT molecular complexity index is 1500. The molecule has 1 N–H and O–H groups in total. The van der Waals surface area contributed by atoms with Gasteiger partial charge in [-0.3, -0.25) is 9.59 Å². The predicted octanol–water partition coefficient (Wildman–Crippen LogP) is 6.78. The lowest BCUT2D eigenvalue weighted by molar-refractivity contribution is -0.141. The van der Waals surface area contributed by atoms with E-state index in [0.29, 0.717) is 43.8 Å². The van der Waals surface area contributed by atoms with Gasteiger partial charge in [-0.05, 0) is 58.7 Å². The van der Waals surface area contributed by atoms with Crippen LogP contribution in [0.3, 0.4) is 0 Å². The number of rotatable bonds is 11. The molecule has 4 rings (SSSR count). The molecule has 0 spiro atoms. The Labute approximate surface area is 248 Å². The molecule has 0 aromatic heterocycles. The lowest BCUT2D eigenvalue weighted by Gasteiger charge is -2.32. The maximum Gasteiger partial charge on any atom is 0.247 e. The number of hydrogen-bond acceptors (Lipinski definition) is 4. The maximum atomic E-state index is 14.0. The van der Waals surface area contributed by atoms with Crippen molar-refractivity contribution in [1.82, 2.24) is 10.2 Å². The zero-order valence-electron chi connectivity index (χ0n) is 22.6. The third-order valence-corrected chi connectivity index (χ3v) is 7.12. The molecule has 0 saturated heterocycles. The van der Waals surface area contributed by atoms with Gasteiger partial charge in [0.1, 0.15) is 11.9 Å². The summed E-state index contributed by atoms with van der Waals surface area (Å²) in [5.74, 6) is -0.0800. The van der Waals surface area contributed by atoms with E-state index in [1.165, 1.54) is 31.3 Å². The first kappa shape index (κ1) is 29.9. The Kier molecular flexibility index (Phi) is 10.2. The summed E-state index contributed by atoms with van der Waals surface area (Å²) in [5, 5.41) is 3.83. The lowest BCUT2D eigenvalue weighted by atomic mass is 10.0. The summed E-state index contributed by atoms with van der Waals surface area (Å²) >= 11 is 12.4. The topological polar surface area (TPSA) is 67.9 Å². The number of carbonyl (C=O) groups excluding carboxylic acids is 2. The number of hydrogen-bond donors (Lipinski definition) is 1. The van der Waals surface area contributed by atoms with E-state index in [4.69, 9.17) is 32.7 Å². The van der Waals surface area contributed by atoms with Gasteiger partial charge in [0, 0.05) is 23.1 Å². The summed E-state index contributed by atoms with van der Waals surface area (Å²) in [6.45, 7) is 0.202. The van der Waals surface area contributed by atoms with Gasteiger partial charge in [0.15, 0.2) is 11.5 Å². The molecule has 212 valence electrons. The average molecular weight is 595 g/mol. The quantitative estimate of drug-likeness (QED) is 0.208. The van der Waals surface area contributed by atoms with Crippen molar-refractivity contribution in [2.24, 2.45) is 0 Å². The minimum atomic E-state index is -0.986. The van der Waals surface area contributed by atoms with Crippen LogP contribution in [0.1, 0.15) is 28.3 Å². The van der Waals surface area contributed by atoms with Gasteiger partial charge in [0.25, 0.3) is 0 Å². The summed E-state index contributed by atoms with van der Waals surface area (Å²) in [4.78, 5) is 29.3. The van der Waals surface area contributed by atoms with Crippen molar-refractivity contribution in [3.8, 4) is 11.5 Å². The molecule has 0 saturated carbocycles. The third-order valence-electron chi connectivity index (χ3n) is 6.53. The number of amides is 2. The predicted molar refractivity (Wildman–Crippen MR) is 158 cm³/mol. The Morgan fingerprint density at radius 2 is 1.54 bits per heavy atom. The molecule has 1 atom stereocenters. The summed E-state index contributed by atoms with van der Waals surface area (Å²) in [5.41, 5.74) is 2.64. The Morgan fingerprint density at radius 1 is 0.854 bits per heavy atom. The van der Waals surface area contributed by atoms with E-state index in [0.717, 1.165) is 0 Å². The molecule has 0 radical (unpaired) electrons. The van der Waals surface area contributed by atoms with Gasteiger partial charge in [0.2, 0.25) is 11.8 Å². The Morgan fingerprint density at radius 3 is 2.20 bits per heavy atom. The van der Waals surface area contributed by atoms with E-state index in [2.05, 4.69) is 5.32 Å². The van der Waals surface area contributed by atoms with E-state index in [-0.39, 0.29) is 25.4 Å². The molecule has 6 nitrogen and oxygen atoms in total. The van der Waals surface area contributed by atoms with Crippen LogP contribution in [0.4, 0.5) is 4.39 Å². The van der Waals surface area contributed by atoms with Gasteiger partial charge in [-0.25, -0.2) is 4.39 Å². The minimum Gasteiger partial charge on any atom is -0.493 e. The molecule has 0 aliphatic carbocycles. The number of nitrogens with zero attached hydrogens (tertiary/aromatic N) is 1. The van der Waals surface area contributed by atoms with Crippen molar-refractivity contribution in [2.75, 3.05) is 14.2 Å². The molecule has 4 aromatic rings. The van der Waals surface area contributed by atoms with Crippen molar-refractivity contribution in [2.45, 2.75) is 25.6 Å². The highest BCUT2D eigenvalue weighted by Gasteiger charge is 2.31. The smallest absolute Gasteiger partial charge is 0.247 e. The molecular formula is C32H29Cl2FN2O4. The van der Waals surface area contributed by atoms with Crippen LogP contribution in [-0.4, -0.2) is 30.9 Å². The summed E-state index contributed by atoms with van der Waals surface area (Å²) in [6.07, 6.45) is -0.0127. The first-order valence-electron chi connectivity index (χ1n) is 12.8. The number of benzene rings is 4. The van der Waals surface area contributed by atoms with Crippen LogP contribution in [0.25, 0.3) is 0 Å². The van der Waals surface area contributed by atoms with Crippen LogP contribution >= 0.6 is 23.2 Å². The summed E-state index contributed by atoms with van der Waals surface area (Å²) < 4.78 is 24.4. The van der Waals surface area contributed by atoms with Crippen LogP contribution in [0.15, 0.2) is 91.0 Å². The van der Waals surface area contributed by atoms with Gasteiger partial charge in [-0.15, -0.1) is 0 Å². The fraction of sp³-hybridized carbons (Fsp3) is 0.188. The van der Waals surface area contributed by atoms with Gasteiger partial charge >= 0.3 is 0 Å². The van der Waals surface area contributed by atoms with Crippen molar-refractivity contribution >= 4 is 35.0 Å². The van der Waals surface area contributed by atoms with Gasteiger partial charge < -0.3 is 19.7 Å². The highest BCUT2D eigenvalue weighted by molar-refractivity contribution is 6.35. The molecule has 9 heteroatoms. The van der Waals surface area contributed by atoms with E-state index < -0.39 is 17.8 Å². The number of halogens is 3. The van der Waals surface area contributed by atoms with Crippen LogP contribution in [-0.2, 0) is 29.1 Å². The second-order valence-corrected chi connectivity index (χ2v) is 10.1. The SMILES string of the molecule is COc1ccc(CC(=O)N(Cc2ccc(F)cc2)[C@@H](C(=O)NCc2ccc(Cl)cc2Cl)c2ccccc2)cc1OC. The highest BCUT2D eigenvalue weighted by atomic mass is 35.5. The largest absolute Gasteiger partial charge is 0.493 e. The van der Waals surface area contributed by atoms with Crippen molar-refractivity contribution in [3.05, 3.63) is 129 Å². The maximum absolute atomic E-state index is 14.0. The van der Waals surface area contributed by atoms with Crippen molar-refractivity contribution in [1.29, 1.82) is 0 Å². The first-order valence-corrected chi connectivity index (χ1v) is 13.6. The molecule has 2 amide bonds. The third kappa shape index (κ3) is 7.78. The van der Waals surface area contributed by atoms with E-state index >= 15 is 0 Å². The van der Waals surface area contributed by atoms with Crippen molar-refractivity contribution in [3.63, 3.8) is 0 Å². The summed E-state index contributed by atoms with van der Waals surface area (Å²) in [7, 11) is 3.06. The normalized spacial score (nSPS) is 11.4. The van der Waals surface area contributed by atoms with Crippen LogP contribution in [0.5, 0.6) is 11.5 Å². The lowest BCUT2D eigenvalue weighted by Crippen LogP contribution is -2.43. The van der Waals surface area contributed by atoms with E-state index in [1.807, 2.05) is 6.07 Å². The molecule has 0 aliphatic heterocycles. The number of nitrogens with one attached hydrogen (secondary N) is 1. The molecule has 0 fully saturated rings. The van der Waals surface area contributed by atoms with E-state index in [9.17, 15) is 14.0 Å². The van der Waals surface area contributed by atoms with E-state index in [1.54, 1.807) is 72.8 Å². The molecule has 4 aromatic carbocycles. The monoisotopic (exact) mass is 594 g/mol. The molecule has 0 aliphatic rings. The molecule has 0 unspecified atom stereocenters. The Hall–Kier alpha value is -4.07. The number of carbonyl (C=O) groups is 2. The standard InChI is InChI=1S/C32H29Cl2FN2O4/c1-40-28-15-10-22(16-29(28)41-2)17-30(38)37(20-21-8-13-26(35)14-9-21)31(23-6-4-3-5-7-23)32(39)36-19-24-11-12-25(33)18-27(24)34/h3-16,18,31H,17,19-20H2,1-2H3,(H,36,39)/t31-/m1/s1. The second kappa shape index (κ2) is 14.0. The summed E-state index contributed by atoms with van der Waals surface area (Å²) in [6, 6.07) is 24.2. The van der Waals surface area contributed by atoms with Crippen LogP contribution < -0.4 is 14.8 Å². The number of methoxy groups -OCH3 is 2. The minimum absolute atomic E-state index is 0.0127. The fourth-order valence-electron chi connectivity index (χ4n) is 4.43. The molecule has 0 bridgehead atoms. The molecule has 41 heavy (non-hydrogen) atoms. The Balaban J connectivity index is 1.69. The first-order chi connectivity index (χ1) is 19.8.